The quantitative estimate of drug-likeness (QED) is 0.919. The van der Waals surface area contributed by atoms with Gasteiger partial charge in [-0.15, -0.1) is 0 Å². The molecule has 4 nitrogen and oxygen atoms in total. The van der Waals surface area contributed by atoms with Crippen LogP contribution in [0.2, 0.25) is 0 Å². The maximum absolute atomic E-state index is 12.1. The molecule has 2 rings (SSSR count). The molecule has 20 heavy (non-hydrogen) atoms. The maximum Gasteiger partial charge on any atom is 0.260 e. The second-order valence-electron chi connectivity index (χ2n) is 5.48. The maximum atomic E-state index is 12.1. The molecule has 1 aromatic rings. The lowest BCUT2D eigenvalue weighted by atomic mass is 9.98. The highest BCUT2D eigenvalue weighted by Crippen LogP contribution is 2.22. The van der Waals surface area contributed by atoms with Crippen molar-refractivity contribution < 1.29 is 14.6 Å². The van der Waals surface area contributed by atoms with Crippen molar-refractivity contribution in [3.63, 3.8) is 0 Å². The molecule has 1 amide bonds. The lowest BCUT2D eigenvalue weighted by molar-refractivity contribution is -0.133. The van der Waals surface area contributed by atoms with Crippen molar-refractivity contribution in [3.05, 3.63) is 28.7 Å². The van der Waals surface area contributed by atoms with E-state index in [9.17, 15) is 9.90 Å². The summed E-state index contributed by atoms with van der Waals surface area (Å²) in [4.78, 5) is 13.9. The van der Waals surface area contributed by atoms with Gasteiger partial charge in [-0.05, 0) is 44.4 Å². The predicted molar refractivity (Wildman–Crippen MR) is 80.7 cm³/mol. The van der Waals surface area contributed by atoms with Crippen molar-refractivity contribution in [1.82, 2.24) is 4.90 Å². The van der Waals surface area contributed by atoms with Crippen LogP contribution in [-0.4, -0.2) is 41.2 Å². The zero-order valence-corrected chi connectivity index (χ0v) is 13.2. The highest BCUT2D eigenvalue weighted by Gasteiger charge is 2.27. The fraction of sp³-hybridized carbons (Fsp3) is 0.533. The van der Waals surface area contributed by atoms with Gasteiger partial charge < -0.3 is 14.7 Å². The minimum atomic E-state index is -0.653. The molecule has 0 saturated carbocycles. The van der Waals surface area contributed by atoms with E-state index in [1.165, 1.54) is 0 Å². The topological polar surface area (TPSA) is 49.8 Å². The van der Waals surface area contributed by atoms with Crippen molar-refractivity contribution in [2.24, 2.45) is 0 Å². The fourth-order valence-corrected chi connectivity index (χ4v) is 2.68. The first-order valence-corrected chi connectivity index (χ1v) is 7.64. The van der Waals surface area contributed by atoms with Gasteiger partial charge in [-0.1, -0.05) is 22.0 Å². The van der Waals surface area contributed by atoms with Crippen LogP contribution < -0.4 is 4.74 Å². The molecule has 0 aromatic heterocycles. The van der Waals surface area contributed by atoms with Gasteiger partial charge in [0.05, 0.1) is 5.60 Å². The molecule has 1 atom stereocenters. The summed E-state index contributed by atoms with van der Waals surface area (Å²) in [5, 5.41) is 10.0. The highest BCUT2D eigenvalue weighted by molar-refractivity contribution is 9.10. The van der Waals surface area contributed by atoms with Crippen LogP contribution in [0, 0.1) is 0 Å². The summed E-state index contributed by atoms with van der Waals surface area (Å²) in [5.74, 6) is 0.650. The Morgan fingerprint density at radius 2 is 2.25 bits per heavy atom. The third-order valence-corrected chi connectivity index (χ3v) is 4.07. The summed E-state index contributed by atoms with van der Waals surface area (Å²) in [6, 6.07) is 7.43. The van der Waals surface area contributed by atoms with Gasteiger partial charge in [0.2, 0.25) is 0 Å². The first-order chi connectivity index (χ1) is 9.46. The lowest BCUT2D eigenvalue weighted by Gasteiger charge is -2.22. The van der Waals surface area contributed by atoms with Gasteiger partial charge in [0, 0.05) is 17.6 Å². The molecule has 1 N–H and O–H groups in total. The number of aliphatic hydroxyl groups is 1. The number of benzene rings is 1. The van der Waals surface area contributed by atoms with E-state index in [4.69, 9.17) is 4.74 Å². The Kier molecular flexibility index (Phi) is 5.05. The summed E-state index contributed by atoms with van der Waals surface area (Å²) >= 11 is 3.37. The smallest absolute Gasteiger partial charge is 0.260 e. The molecule has 1 fully saturated rings. The molecular weight excluding hydrogens is 322 g/mol. The van der Waals surface area contributed by atoms with Gasteiger partial charge in [-0.25, -0.2) is 0 Å². The third kappa shape index (κ3) is 4.49. The van der Waals surface area contributed by atoms with Crippen molar-refractivity contribution in [2.75, 3.05) is 19.7 Å². The average Bonchev–Trinajstić information content (AvgIpc) is 2.57. The summed E-state index contributed by atoms with van der Waals surface area (Å²) in [6.45, 7) is 3.15. The SMILES string of the molecule is CC1(O)CCCN(C(=O)COc2cccc(Br)c2)CC1. The minimum Gasteiger partial charge on any atom is -0.484 e. The number of ether oxygens (including phenoxy) is 1. The molecule has 1 aliphatic rings. The van der Waals surface area contributed by atoms with Crippen molar-refractivity contribution in [2.45, 2.75) is 31.8 Å². The van der Waals surface area contributed by atoms with Crippen LogP contribution in [0.25, 0.3) is 0 Å². The molecular formula is C15H20BrNO3. The van der Waals surface area contributed by atoms with E-state index in [2.05, 4.69) is 15.9 Å². The Morgan fingerprint density at radius 3 is 3.00 bits per heavy atom. The number of nitrogens with zero attached hydrogens (tertiary/aromatic N) is 1. The number of likely N-dealkylation sites (tertiary alicyclic amines) is 1. The van der Waals surface area contributed by atoms with E-state index >= 15 is 0 Å². The number of carbonyl (C=O) groups excluding carboxylic acids is 1. The van der Waals surface area contributed by atoms with Crippen molar-refractivity contribution in [1.29, 1.82) is 0 Å². The van der Waals surface area contributed by atoms with Gasteiger partial charge in [-0.3, -0.25) is 4.79 Å². The zero-order valence-electron chi connectivity index (χ0n) is 11.6. The van der Waals surface area contributed by atoms with E-state index in [0.717, 1.165) is 17.3 Å². The molecule has 110 valence electrons. The monoisotopic (exact) mass is 341 g/mol. The summed E-state index contributed by atoms with van der Waals surface area (Å²) in [5.41, 5.74) is -0.653. The van der Waals surface area contributed by atoms with Crippen molar-refractivity contribution in [3.8, 4) is 5.75 Å². The average molecular weight is 342 g/mol. The Balaban J connectivity index is 1.85. The van der Waals surface area contributed by atoms with Gasteiger partial charge in [-0.2, -0.15) is 0 Å². The summed E-state index contributed by atoms with van der Waals surface area (Å²) < 4.78 is 6.44. The number of hydrogen-bond acceptors (Lipinski definition) is 3. The Morgan fingerprint density at radius 1 is 1.45 bits per heavy atom. The summed E-state index contributed by atoms with van der Waals surface area (Å²) in [6.07, 6.45) is 2.19. The first-order valence-electron chi connectivity index (χ1n) is 6.85. The van der Waals surface area contributed by atoms with Crippen molar-refractivity contribution >= 4 is 21.8 Å². The molecule has 1 aromatic carbocycles. The van der Waals surface area contributed by atoms with Crippen LogP contribution in [-0.2, 0) is 4.79 Å². The van der Waals surface area contributed by atoms with Crippen LogP contribution in [0.5, 0.6) is 5.75 Å². The molecule has 0 radical (unpaired) electrons. The highest BCUT2D eigenvalue weighted by atomic mass is 79.9. The Labute approximate surface area is 127 Å². The second-order valence-corrected chi connectivity index (χ2v) is 6.39. The van der Waals surface area contributed by atoms with Gasteiger partial charge in [0.15, 0.2) is 6.61 Å². The Bertz CT molecular complexity index is 476. The molecule has 5 heteroatoms. The molecule has 0 bridgehead atoms. The normalized spacial score (nSPS) is 23.2. The third-order valence-electron chi connectivity index (χ3n) is 3.57. The second kappa shape index (κ2) is 6.59. The molecule has 1 aliphatic heterocycles. The molecule has 0 aliphatic carbocycles. The number of halogens is 1. The van der Waals surface area contributed by atoms with E-state index in [1.807, 2.05) is 31.2 Å². The fourth-order valence-electron chi connectivity index (χ4n) is 2.31. The number of rotatable bonds is 3. The van der Waals surface area contributed by atoms with Gasteiger partial charge in [0.1, 0.15) is 5.75 Å². The number of amides is 1. The van der Waals surface area contributed by atoms with Gasteiger partial charge >= 0.3 is 0 Å². The zero-order chi connectivity index (χ0) is 14.6. The van der Waals surface area contributed by atoms with Crippen LogP contribution in [0.3, 0.4) is 0 Å². The minimum absolute atomic E-state index is 0.0253. The van der Waals surface area contributed by atoms with Crippen LogP contribution in [0.1, 0.15) is 26.2 Å². The van der Waals surface area contributed by atoms with E-state index in [-0.39, 0.29) is 12.5 Å². The molecule has 1 saturated heterocycles. The Hall–Kier alpha value is -1.07. The van der Waals surface area contributed by atoms with Crippen LogP contribution >= 0.6 is 15.9 Å². The largest absolute Gasteiger partial charge is 0.484 e. The van der Waals surface area contributed by atoms with E-state index in [0.29, 0.717) is 25.3 Å². The molecule has 1 unspecified atom stereocenters. The number of hydrogen-bond donors (Lipinski definition) is 1. The number of carbonyl (C=O) groups is 1. The standard InChI is InChI=1S/C15H20BrNO3/c1-15(19)6-3-8-17(9-7-15)14(18)11-20-13-5-2-4-12(16)10-13/h2,4-5,10,19H,3,6-9,11H2,1H3. The van der Waals surface area contributed by atoms with Gasteiger partial charge in [0.25, 0.3) is 5.91 Å². The van der Waals surface area contributed by atoms with E-state index < -0.39 is 5.60 Å². The molecule has 1 heterocycles. The summed E-state index contributed by atoms with van der Waals surface area (Å²) in [7, 11) is 0. The lowest BCUT2D eigenvalue weighted by Crippen LogP contribution is -2.36. The van der Waals surface area contributed by atoms with Crippen LogP contribution in [0.4, 0.5) is 0 Å². The van der Waals surface area contributed by atoms with Crippen LogP contribution in [0.15, 0.2) is 28.7 Å². The van der Waals surface area contributed by atoms with E-state index in [1.54, 1.807) is 4.90 Å². The first kappa shape index (κ1) is 15.3. The predicted octanol–water partition coefficient (Wildman–Crippen LogP) is 2.59. The molecule has 0 spiro atoms.